The van der Waals surface area contributed by atoms with Gasteiger partial charge in [-0.1, -0.05) is 6.07 Å². The summed E-state index contributed by atoms with van der Waals surface area (Å²) in [5.41, 5.74) is 4.79. The molecule has 1 aromatic carbocycles. The van der Waals surface area contributed by atoms with Crippen LogP contribution in [0.4, 0.5) is 0 Å². The van der Waals surface area contributed by atoms with Gasteiger partial charge in [0.15, 0.2) is 0 Å². The lowest BCUT2D eigenvalue weighted by molar-refractivity contribution is 0.247. The van der Waals surface area contributed by atoms with Gasteiger partial charge in [0.05, 0.1) is 11.6 Å². The molecule has 1 aliphatic heterocycles. The number of rotatable bonds is 2. The molecule has 2 nitrogen and oxygen atoms in total. The molecule has 2 heterocycles. The van der Waals surface area contributed by atoms with Crippen LogP contribution in [0.3, 0.4) is 0 Å². The van der Waals surface area contributed by atoms with Crippen molar-refractivity contribution in [3.05, 3.63) is 56.8 Å². The molecular formula is C16H16N2S. The first-order valence-corrected chi connectivity index (χ1v) is 7.41. The van der Waals surface area contributed by atoms with Crippen LogP contribution in [0.5, 0.6) is 0 Å². The summed E-state index contributed by atoms with van der Waals surface area (Å²) in [5, 5.41) is 11.1. The smallest absolute Gasteiger partial charge is 0.0991 e. The minimum atomic E-state index is 0.750. The zero-order valence-corrected chi connectivity index (χ0v) is 11.8. The monoisotopic (exact) mass is 268 g/mol. The maximum absolute atomic E-state index is 8.90. The lowest BCUT2D eigenvalue weighted by Gasteiger charge is -2.27. The van der Waals surface area contributed by atoms with E-state index in [4.69, 9.17) is 5.26 Å². The number of benzene rings is 1. The van der Waals surface area contributed by atoms with Crippen LogP contribution in [0.15, 0.2) is 29.6 Å². The van der Waals surface area contributed by atoms with E-state index in [2.05, 4.69) is 35.4 Å². The molecule has 0 bridgehead atoms. The Bertz CT molecular complexity index is 636. The molecule has 0 saturated heterocycles. The lowest BCUT2D eigenvalue weighted by atomic mass is 10.0. The first-order valence-electron chi connectivity index (χ1n) is 6.53. The summed E-state index contributed by atoms with van der Waals surface area (Å²) in [5.74, 6) is 0. The second-order valence-electron chi connectivity index (χ2n) is 5.08. The molecule has 19 heavy (non-hydrogen) atoms. The highest BCUT2D eigenvalue weighted by molar-refractivity contribution is 7.10. The molecule has 0 saturated carbocycles. The quantitative estimate of drug-likeness (QED) is 0.833. The molecule has 3 rings (SSSR count). The fraction of sp³-hybridized carbons (Fsp3) is 0.312. The van der Waals surface area contributed by atoms with E-state index in [1.54, 1.807) is 4.88 Å². The Balaban J connectivity index is 1.75. The highest BCUT2D eigenvalue weighted by atomic mass is 32.1. The van der Waals surface area contributed by atoms with Crippen LogP contribution in [-0.4, -0.2) is 11.4 Å². The van der Waals surface area contributed by atoms with Crippen LogP contribution < -0.4 is 0 Å². The van der Waals surface area contributed by atoms with Gasteiger partial charge in [-0.3, -0.25) is 4.90 Å². The largest absolute Gasteiger partial charge is 0.294 e. The van der Waals surface area contributed by atoms with Gasteiger partial charge >= 0.3 is 0 Å². The molecule has 96 valence electrons. The van der Waals surface area contributed by atoms with Crippen molar-refractivity contribution in [3.8, 4) is 6.07 Å². The van der Waals surface area contributed by atoms with Gasteiger partial charge in [-0.2, -0.15) is 5.26 Å². The maximum atomic E-state index is 8.90. The Hall–Kier alpha value is -1.63. The van der Waals surface area contributed by atoms with Gasteiger partial charge in [0.1, 0.15) is 0 Å². The van der Waals surface area contributed by atoms with Crippen molar-refractivity contribution < 1.29 is 0 Å². The van der Waals surface area contributed by atoms with E-state index in [0.717, 1.165) is 25.2 Å². The molecular weight excluding hydrogens is 252 g/mol. The molecule has 1 aliphatic rings. The van der Waals surface area contributed by atoms with Crippen LogP contribution in [0, 0.1) is 18.3 Å². The van der Waals surface area contributed by atoms with Gasteiger partial charge in [0.25, 0.3) is 0 Å². The Morgan fingerprint density at radius 3 is 3.05 bits per heavy atom. The third-order valence-electron chi connectivity index (χ3n) is 3.75. The Morgan fingerprint density at radius 1 is 1.37 bits per heavy atom. The van der Waals surface area contributed by atoms with Gasteiger partial charge in [-0.15, -0.1) is 11.3 Å². The van der Waals surface area contributed by atoms with E-state index in [-0.39, 0.29) is 0 Å². The van der Waals surface area contributed by atoms with E-state index in [0.29, 0.717) is 0 Å². The summed E-state index contributed by atoms with van der Waals surface area (Å²) in [7, 11) is 0. The second kappa shape index (κ2) is 5.16. The average molecular weight is 268 g/mol. The summed E-state index contributed by atoms with van der Waals surface area (Å²) >= 11 is 1.88. The van der Waals surface area contributed by atoms with Crippen LogP contribution in [0.1, 0.15) is 27.1 Å². The number of fused-ring (bicyclic) bond motifs is 1. The standard InChI is InChI=1S/C16H16N2S/c1-12-8-13(9-17)2-3-14(12)10-18-6-4-16-15(11-18)5-7-19-16/h2-3,5,7-8H,4,6,10-11H2,1H3. The molecule has 0 N–H and O–H groups in total. The van der Waals surface area contributed by atoms with E-state index in [1.165, 1.54) is 23.1 Å². The van der Waals surface area contributed by atoms with Crippen LogP contribution >= 0.6 is 11.3 Å². The van der Waals surface area contributed by atoms with Crippen molar-refractivity contribution in [1.82, 2.24) is 4.90 Å². The van der Waals surface area contributed by atoms with Crippen molar-refractivity contribution in [2.45, 2.75) is 26.4 Å². The Labute approximate surface area is 117 Å². The Kier molecular flexibility index (Phi) is 3.37. The molecule has 0 unspecified atom stereocenters. The molecule has 0 radical (unpaired) electrons. The summed E-state index contributed by atoms with van der Waals surface area (Å²) < 4.78 is 0. The zero-order valence-electron chi connectivity index (χ0n) is 11.0. The van der Waals surface area contributed by atoms with Crippen molar-refractivity contribution >= 4 is 11.3 Å². The van der Waals surface area contributed by atoms with Crippen molar-refractivity contribution in [1.29, 1.82) is 5.26 Å². The molecule has 0 atom stereocenters. The Morgan fingerprint density at radius 2 is 2.26 bits per heavy atom. The number of nitriles is 1. The van der Waals surface area contributed by atoms with Gasteiger partial charge in [0.2, 0.25) is 0 Å². The topological polar surface area (TPSA) is 27.0 Å². The van der Waals surface area contributed by atoms with Crippen molar-refractivity contribution in [3.63, 3.8) is 0 Å². The fourth-order valence-corrected chi connectivity index (χ4v) is 3.52. The SMILES string of the molecule is Cc1cc(C#N)ccc1CN1CCc2sccc2C1. The first-order chi connectivity index (χ1) is 9.26. The normalized spacial score (nSPS) is 14.9. The molecule has 0 aliphatic carbocycles. The lowest BCUT2D eigenvalue weighted by Crippen LogP contribution is -2.29. The number of nitrogens with zero attached hydrogens (tertiary/aromatic N) is 2. The number of hydrogen-bond acceptors (Lipinski definition) is 3. The average Bonchev–Trinajstić information content (AvgIpc) is 2.88. The summed E-state index contributed by atoms with van der Waals surface area (Å²) in [6, 6.07) is 10.4. The third kappa shape index (κ3) is 2.56. The summed E-state index contributed by atoms with van der Waals surface area (Å²) in [4.78, 5) is 4.04. The van der Waals surface area contributed by atoms with E-state index in [9.17, 15) is 0 Å². The predicted octanol–water partition coefficient (Wildman–Crippen LogP) is 3.49. The summed E-state index contributed by atoms with van der Waals surface area (Å²) in [6.45, 7) is 5.26. The molecule has 2 aromatic rings. The molecule has 1 aromatic heterocycles. The van der Waals surface area contributed by atoms with E-state index < -0.39 is 0 Å². The van der Waals surface area contributed by atoms with Gasteiger partial charge in [0, 0.05) is 24.5 Å². The zero-order chi connectivity index (χ0) is 13.2. The molecule has 0 fully saturated rings. The molecule has 0 amide bonds. The maximum Gasteiger partial charge on any atom is 0.0991 e. The van der Waals surface area contributed by atoms with Crippen LogP contribution in [-0.2, 0) is 19.5 Å². The van der Waals surface area contributed by atoms with E-state index >= 15 is 0 Å². The highest BCUT2D eigenvalue weighted by Crippen LogP contribution is 2.25. The minimum Gasteiger partial charge on any atom is -0.294 e. The first kappa shape index (κ1) is 12.4. The minimum absolute atomic E-state index is 0.750. The third-order valence-corrected chi connectivity index (χ3v) is 4.78. The molecule has 0 spiro atoms. The van der Waals surface area contributed by atoms with Crippen molar-refractivity contribution in [2.75, 3.05) is 6.54 Å². The fourth-order valence-electron chi connectivity index (χ4n) is 2.63. The van der Waals surface area contributed by atoms with Gasteiger partial charge in [-0.05, 0) is 53.6 Å². The van der Waals surface area contributed by atoms with E-state index in [1.807, 2.05) is 23.5 Å². The van der Waals surface area contributed by atoms with Crippen LogP contribution in [0.2, 0.25) is 0 Å². The second-order valence-corrected chi connectivity index (χ2v) is 6.08. The number of hydrogen-bond donors (Lipinski definition) is 0. The summed E-state index contributed by atoms with van der Waals surface area (Å²) in [6.07, 6.45) is 1.17. The number of aryl methyl sites for hydroxylation is 1. The predicted molar refractivity (Wildman–Crippen MR) is 78.0 cm³/mol. The van der Waals surface area contributed by atoms with Gasteiger partial charge < -0.3 is 0 Å². The number of thiophene rings is 1. The highest BCUT2D eigenvalue weighted by Gasteiger charge is 2.17. The molecule has 3 heteroatoms. The van der Waals surface area contributed by atoms with Crippen LogP contribution in [0.25, 0.3) is 0 Å². The van der Waals surface area contributed by atoms with Crippen molar-refractivity contribution in [2.24, 2.45) is 0 Å². The van der Waals surface area contributed by atoms with Gasteiger partial charge in [-0.25, -0.2) is 0 Å².